The number of rotatable bonds is 4. The van der Waals surface area contributed by atoms with E-state index in [4.69, 9.17) is 4.74 Å². The summed E-state index contributed by atoms with van der Waals surface area (Å²) in [6, 6.07) is 3.56. The third kappa shape index (κ3) is 3.05. The topological polar surface area (TPSA) is 79.5 Å². The molecule has 2 rings (SSSR count). The summed E-state index contributed by atoms with van der Waals surface area (Å²) in [6.45, 7) is 1.53. The maximum absolute atomic E-state index is 12.0. The molecule has 0 atom stereocenters. The summed E-state index contributed by atoms with van der Waals surface area (Å²) in [7, 11) is 0. The lowest BCUT2D eigenvalue weighted by atomic mass is 10.3. The van der Waals surface area contributed by atoms with Crippen molar-refractivity contribution < 1.29 is 19.1 Å². The highest BCUT2D eigenvalue weighted by Gasteiger charge is 2.36. The zero-order valence-corrected chi connectivity index (χ0v) is 11.0. The molecule has 1 fully saturated rings. The molecule has 2 amide bonds. The van der Waals surface area contributed by atoms with Gasteiger partial charge in [-0.05, 0) is 36.9 Å². The summed E-state index contributed by atoms with van der Waals surface area (Å²) >= 11 is 0.811. The molecule has 19 heavy (non-hydrogen) atoms. The third-order valence-corrected chi connectivity index (χ3v) is 3.28. The number of carbonyl (C=O) groups is 3. The van der Waals surface area contributed by atoms with E-state index in [1.165, 1.54) is 0 Å². The average molecular weight is 280 g/mol. The van der Waals surface area contributed by atoms with Crippen LogP contribution in [0.4, 0.5) is 4.79 Å². The molecule has 100 valence electrons. The maximum Gasteiger partial charge on any atom is 0.326 e. The number of imide groups is 1. The predicted octanol–water partition coefficient (Wildman–Crippen LogP) is 1.61. The second kappa shape index (κ2) is 5.75. The Hall–Kier alpha value is -2.02. The van der Waals surface area contributed by atoms with E-state index in [0.29, 0.717) is 0 Å². The van der Waals surface area contributed by atoms with Gasteiger partial charge in [0.15, 0.2) is 0 Å². The van der Waals surface area contributed by atoms with Gasteiger partial charge in [0.1, 0.15) is 6.54 Å². The molecule has 7 heteroatoms. The maximum atomic E-state index is 12.0. The van der Waals surface area contributed by atoms with Gasteiger partial charge in [-0.15, -0.1) is 0 Å². The number of ether oxygens (including phenoxy) is 1. The first-order chi connectivity index (χ1) is 9.11. The van der Waals surface area contributed by atoms with E-state index in [-0.39, 0.29) is 18.1 Å². The lowest BCUT2D eigenvalue weighted by Gasteiger charge is -2.10. The van der Waals surface area contributed by atoms with Gasteiger partial charge in [0, 0.05) is 11.9 Å². The predicted molar refractivity (Wildman–Crippen MR) is 70.1 cm³/mol. The first-order valence-electron chi connectivity index (χ1n) is 5.66. The van der Waals surface area contributed by atoms with Crippen molar-refractivity contribution in [1.29, 1.82) is 0 Å². The van der Waals surface area contributed by atoms with Crippen molar-refractivity contribution >= 4 is 35.0 Å². The smallest absolute Gasteiger partial charge is 0.326 e. The highest BCUT2D eigenvalue weighted by molar-refractivity contribution is 8.18. The molecule has 1 N–H and O–H groups in total. The van der Waals surface area contributed by atoms with Crippen LogP contribution in [0.15, 0.2) is 23.2 Å². The molecule has 0 saturated carbocycles. The Morgan fingerprint density at radius 2 is 2.32 bits per heavy atom. The minimum Gasteiger partial charge on any atom is -0.465 e. The van der Waals surface area contributed by atoms with Gasteiger partial charge in [-0.25, -0.2) is 0 Å². The van der Waals surface area contributed by atoms with Gasteiger partial charge in [0.05, 0.1) is 11.5 Å². The van der Waals surface area contributed by atoms with Crippen LogP contribution in [-0.4, -0.2) is 40.2 Å². The monoisotopic (exact) mass is 280 g/mol. The fraction of sp³-hybridized carbons (Fsp3) is 0.250. The van der Waals surface area contributed by atoms with Crippen molar-refractivity contribution in [2.24, 2.45) is 0 Å². The van der Waals surface area contributed by atoms with Crippen molar-refractivity contribution in [3.8, 4) is 0 Å². The molecule has 0 aliphatic carbocycles. The molecule has 0 bridgehead atoms. The quantitative estimate of drug-likeness (QED) is 0.669. The van der Waals surface area contributed by atoms with Gasteiger partial charge in [-0.1, -0.05) is 0 Å². The molecule has 1 aromatic heterocycles. The van der Waals surface area contributed by atoms with Gasteiger partial charge in [-0.2, -0.15) is 0 Å². The standard InChI is InChI=1S/C12H12N2O4S/c1-2-18-10(15)7-14-11(16)9(19-12(14)17)6-8-4-3-5-13-8/h3-6,13H,2,7H2,1H3/b9-6-. The largest absolute Gasteiger partial charge is 0.465 e. The summed E-state index contributed by atoms with van der Waals surface area (Å²) in [5.74, 6) is -1.07. The third-order valence-electron chi connectivity index (χ3n) is 2.37. The number of nitrogens with zero attached hydrogens (tertiary/aromatic N) is 1. The number of amides is 2. The van der Waals surface area contributed by atoms with E-state index in [1.807, 2.05) is 0 Å². The van der Waals surface area contributed by atoms with Crippen LogP contribution in [0.2, 0.25) is 0 Å². The number of hydrogen-bond donors (Lipinski definition) is 1. The molecule has 2 heterocycles. The minimum atomic E-state index is -0.592. The van der Waals surface area contributed by atoms with Crippen LogP contribution in [0.1, 0.15) is 12.6 Å². The number of carbonyl (C=O) groups excluding carboxylic acids is 3. The number of aromatic amines is 1. The van der Waals surface area contributed by atoms with Gasteiger partial charge >= 0.3 is 5.97 Å². The van der Waals surface area contributed by atoms with Gasteiger partial charge in [0.2, 0.25) is 0 Å². The molecule has 1 aromatic rings. The molecule has 6 nitrogen and oxygen atoms in total. The normalized spacial score (nSPS) is 17.3. The number of esters is 1. The van der Waals surface area contributed by atoms with E-state index in [9.17, 15) is 14.4 Å². The van der Waals surface area contributed by atoms with E-state index < -0.39 is 17.1 Å². The molecule has 0 radical (unpaired) electrons. The van der Waals surface area contributed by atoms with Gasteiger partial charge in [-0.3, -0.25) is 19.3 Å². The minimum absolute atomic E-state index is 0.216. The average Bonchev–Trinajstić information content (AvgIpc) is 2.95. The summed E-state index contributed by atoms with van der Waals surface area (Å²) in [6.07, 6.45) is 3.30. The second-order valence-electron chi connectivity index (χ2n) is 3.70. The van der Waals surface area contributed by atoms with E-state index in [1.54, 1.807) is 31.3 Å². The Labute approximate surface area is 113 Å². The Morgan fingerprint density at radius 1 is 1.53 bits per heavy atom. The Kier molecular flexibility index (Phi) is 4.06. The molecule has 1 saturated heterocycles. The highest BCUT2D eigenvalue weighted by atomic mass is 32.2. The SMILES string of the molecule is CCOC(=O)CN1C(=O)S/C(=C\c2ccc[nH]2)C1=O. The van der Waals surface area contributed by atoms with Crippen LogP contribution in [0.5, 0.6) is 0 Å². The lowest BCUT2D eigenvalue weighted by molar-refractivity contribution is -0.145. The van der Waals surface area contributed by atoms with Crippen LogP contribution < -0.4 is 0 Å². The Morgan fingerprint density at radius 3 is 2.95 bits per heavy atom. The summed E-state index contributed by atoms with van der Waals surface area (Å²) in [5, 5.41) is -0.462. The first-order valence-corrected chi connectivity index (χ1v) is 6.48. The molecule has 0 aromatic carbocycles. The fourth-order valence-corrected chi connectivity index (χ4v) is 2.38. The van der Waals surface area contributed by atoms with Crippen LogP contribution in [0.3, 0.4) is 0 Å². The van der Waals surface area contributed by atoms with E-state index >= 15 is 0 Å². The van der Waals surface area contributed by atoms with Crippen LogP contribution >= 0.6 is 11.8 Å². The van der Waals surface area contributed by atoms with Crippen LogP contribution in [0.25, 0.3) is 6.08 Å². The number of H-pyrrole nitrogens is 1. The van der Waals surface area contributed by atoms with Gasteiger partial charge in [0.25, 0.3) is 11.1 Å². The molecular formula is C12H12N2O4S. The van der Waals surface area contributed by atoms with Crippen LogP contribution in [-0.2, 0) is 14.3 Å². The number of thioether (sulfide) groups is 1. The Balaban J connectivity index is 2.10. The zero-order chi connectivity index (χ0) is 13.8. The number of hydrogen-bond acceptors (Lipinski definition) is 5. The van der Waals surface area contributed by atoms with E-state index in [2.05, 4.69) is 4.98 Å². The first kappa shape index (κ1) is 13.4. The highest BCUT2D eigenvalue weighted by Crippen LogP contribution is 2.31. The summed E-state index contributed by atoms with van der Waals surface area (Å²) < 4.78 is 4.72. The van der Waals surface area contributed by atoms with Gasteiger partial charge < -0.3 is 9.72 Å². The fourth-order valence-electron chi connectivity index (χ4n) is 1.55. The van der Waals surface area contributed by atoms with Crippen molar-refractivity contribution in [3.63, 3.8) is 0 Å². The van der Waals surface area contributed by atoms with Crippen molar-refractivity contribution in [3.05, 3.63) is 28.9 Å². The van der Waals surface area contributed by atoms with E-state index in [0.717, 1.165) is 22.4 Å². The molecule has 1 aliphatic rings. The molecule has 1 aliphatic heterocycles. The van der Waals surface area contributed by atoms with Crippen molar-refractivity contribution in [1.82, 2.24) is 9.88 Å². The zero-order valence-electron chi connectivity index (χ0n) is 10.2. The Bertz CT molecular complexity index is 536. The number of nitrogens with one attached hydrogen (secondary N) is 1. The second-order valence-corrected chi connectivity index (χ2v) is 4.69. The van der Waals surface area contributed by atoms with Crippen molar-refractivity contribution in [2.75, 3.05) is 13.2 Å². The number of aromatic nitrogens is 1. The summed E-state index contributed by atoms with van der Waals surface area (Å²) in [5.41, 5.74) is 0.724. The van der Waals surface area contributed by atoms with Crippen LogP contribution in [0, 0.1) is 0 Å². The lowest BCUT2D eigenvalue weighted by Crippen LogP contribution is -2.34. The summed E-state index contributed by atoms with van der Waals surface area (Å²) in [4.78, 5) is 39.0. The molecule has 0 spiro atoms. The molecule has 0 unspecified atom stereocenters. The van der Waals surface area contributed by atoms with Crippen molar-refractivity contribution in [2.45, 2.75) is 6.92 Å². The molecular weight excluding hydrogens is 268 g/mol.